The maximum absolute atomic E-state index is 12.8. The highest BCUT2D eigenvalue weighted by atomic mass is 16.3. The SMILES string of the molecule is Cc1ccc2c(c1)c(C(=O)N[C@H]1CCCC[C@@H]1O)nn2CCCCC#N. The first-order chi connectivity index (χ1) is 12.6. The van der Waals surface area contributed by atoms with Crippen LogP contribution in [0.15, 0.2) is 18.2 Å². The number of aliphatic hydroxyl groups excluding tert-OH is 1. The van der Waals surface area contributed by atoms with E-state index in [2.05, 4.69) is 16.5 Å². The summed E-state index contributed by atoms with van der Waals surface area (Å²) >= 11 is 0. The largest absolute Gasteiger partial charge is 0.391 e. The molecular formula is C20H26N4O2. The van der Waals surface area contributed by atoms with Gasteiger partial charge in [0.15, 0.2) is 5.69 Å². The average Bonchev–Trinajstić information content (AvgIpc) is 2.98. The Morgan fingerprint density at radius 2 is 2.19 bits per heavy atom. The Morgan fingerprint density at radius 3 is 2.96 bits per heavy atom. The summed E-state index contributed by atoms with van der Waals surface area (Å²) in [5, 5.41) is 27.2. The summed E-state index contributed by atoms with van der Waals surface area (Å²) in [6.45, 7) is 2.68. The number of nitrogens with one attached hydrogen (secondary N) is 1. The minimum atomic E-state index is -0.478. The number of rotatable bonds is 6. The Hall–Kier alpha value is -2.39. The zero-order valence-electron chi connectivity index (χ0n) is 15.2. The van der Waals surface area contributed by atoms with E-state index >= 15 is 0 Å². The molecule has 1 amide bonds. The van der Waals surface area contributed by atoms with Gasteiger partial charge in [-0.3, -0.25) is 9.48 Å². The topological polar surface area (TPSA) is 90.9 Å². The fourth-order valence-corrected chi connectivity index (χ4v) is 3.61. The molecule has 0 radical (unpaired) electrons. The third-order valence-electron chi connectivity index (χ3n) is 5.08. The minimum Gasteiger partial charge on any atom is -0.391 e. The van der Waals surface area contributed by atoms with Gasteiger partial charge in [0.05, 0.1) is 23.7 Å². The van der Waals surface area contributed by atoms with Gasteiger partial charge in [0.1, 0.15) is 0 Å². The smallest absolute Gasteiger partial charge is 0.272 e. The van der Waals surface area contributed by atoms with Crippen LogP contribution in [0.1, 0.15) is 61.0 Å². The molecule has 3 rings (SSSR count). The zero-order valence-corrected chi connectivity index (χ0v) is 15.2. The fraction of sp³-hybridized carbons (Fsp3) is 0.550. The molecule has 0 aliphatic heterocycles. The molecule has 1 heterocycles. The lowest BCUT2D eigenvalue weighted by Gasteiger charge is -2.28. The summed E-state index contributed by atoms with van der Waals surface area (Å²) in [6, 6.07) is 7.95. The molecule has 1 aliphatic carbocycles. The molecule has 26 heavy (non-hydrogen) atoms. The maximum Gasteiger partial charge on any atom is 0.272 e. The van der Waals surface area contributed by atoms with Crippen molar-refractivity contribution in [2.75, 3.05) is 0 Å². The molecule has 2 aromatic rings. The van der Waals surface area contributed by atoms with Gasteiger partial charge in [0.2, 0.25) is 0 Å². The predicted octanol–water partition coefficient (Wildman–Crippen LogP) is 3.07. The van der Waals surface area contributed by atoms with Gasteiger partial charge in [-0.05, 0) is 44.7 Å². The summed E-state index contributed by atoms with van der Waals surface area (Å²) < 4.78 is 1.86. The monoisotopic (exact) mass is 354 g/mol. The first-order valence-corrected chi connectivity index (χ1v) is 9.43. The van der Waals surface area contributed by atoms with Gasteiger partial charge < -0.3 is 10.4 Å². The van der Waals surface area contributed by atoms with Crippen LogP contribution in [-0.4, -0.2) is 32.9 Å². The van der Waals surface area contributed by atoms with Crippen molar-refractivity contribution in [1.29, 1.82) is 5.26 Å². The van der Waals surface area contributed by atoms with E-state index in [0.717, 1.165) is 55.0 Å². The van der Waals surface area contributed by atoms with Crippen LogP contribution in [0.2, 0.25) is 0 Å². The van der Waals surface area contributed by atoms with Gasteiger partial charge in [-0.1, -0.05) is 24.5 Å². The van der Waals surface area contributed by atoms with Crippen molar-refractivity contribution in [2.45, 2.75) is 70.6 Å². The summed E-state index contributed by atoms with van der Waals surface area (Å²) in [5.41, 5.74) is 2.43. The van der Waals surface area contributed by atoms with Gasteiger partial charge in [-0.15, -0.1) is 0 Å². The normalized spacial score (nSPS) is 20.0. The number of unbranched alkanes of at least 4 members (excludes halogenated alkanes) is 2. The van der Waals surface area contributed by atoms with Crippen molar-refractivity contribution in [1.82, 2.24) is 15.1 Å². The molecule has 1 saturated carbocycles. The molecule has 2 N–H and O–H groups in total. The highest BCUT2D eigenvalue weighted by Crippen LogP contribution is 2.23. The second-order valence-corrected chi connectivity index (χ2v) is 7.14. The molecular weight excluding hydrogens is 328 g/mol. The van der Waals surface area contributed by atoms with Crippen LogP contribution < -0.4 is 5.32 Å². The van der Waals surface area contributed by atoms with E-state index in [1.807, 2.05) is 29.8 Å². The Kier molecular flexibility index (Phi) is 5.89. The van der Waals surface area contributed by atoms with E-state index in [-0.39, 0.29) is 11.9 Å². The standard InChI is InChI=1S/C20H26N4O2/c1-14-9-10-17-15(13-14)19(23-24(17)12-6-2-5-11-21)20(26)22-16-7-3-4-8-18(16)25/h9-10,13,16,18,25H,2-8,12H2,1H3,(H,22,26)/t16-,18-/m0/s1. The van der Waals surface area contributed by atoms with E-state index in [4.69, 9.17) is 5.26 Å². The Balaban J connectivity index is 1.83. The lowest BCUT2D eigenvalue weighted by molar-refractivity contribution is 0.0714. The molecule has 6 heteroatoms. The van der Waals surface area contributed by atoms with Crippen LogP contribution in [0.3, 0.4) is 0 Å². The number of amides is 1. The van der Waals surface area contributed by atoms with Gasteiger partial charge in [0, 0.05) is 18.4 Å². The first-order valence-electron chi connectivity index (χ1n) is 9.43. The van der Waals surface area contributed by atoms with Gasteiger partial charge in [-0.2, -0.15) is 10.4 Å². The summed E-state index contributed by atoms with van der Waals surface area (Å²) in [5.74, 6) is -0.220. The number of nitriles is 1. The van der Waals surface area contributed by atoms with Crippen molar-refractivity contribution in [3.63, 3.8) is 0 Å². The number of carbonyl (C=O) groups excluding carboxylic acids is 1. The second kappa shape index (κ2) is 8.33. The van der Waals surface area contributed by atoms with Crippen molar-refractivity contribution in [3.8, 4) is 6.07 Å². The lowest BCUT2D eigenvalue weighted by Crippen LogP contribution is -2.45. The molecule has 1 fully saturated rings. The summed E-state index contributed by atoms with van der Waals surface area (Å²) in [7, 11) is 0. The van der Waals surface area contributed by atoms with Crippen LogP contribution in [0, 0.1) is 18.3 Å². The Morgan fingerprint density at radius 1 is 1.38 bits per heavy atom. The van der Waals surface area contributed by atoms with E-state index in [1.165, 1.54) is 0 Å². The van der Waals surface area contributed by atoms with E-state index in [0.29, 0.717) is 18.7 Å². The number of benzene rings is 1. The highest BCUT2D eigenvalue weighted by molar-refractivity contribution is 6.05. The number of aliphatic hydroxyl groups is 1. The quantitative estimate of drug-likeness (QED) is 0.780. The maximum atomic E-state index is 12.8. The number of hydrogen-bond acceptors (Lipinski definition) is 4. The lowest BCUT2D eigenvalue weighted by atomic mass is 9.92. The number of aromatic nitrogens is 2. The molecule has 138 valence electrons. The van der Waals surface area contributed by atoms with Gasteiger partial charge >= 0.3 is 0 Å². The molecule has 0 unspecified atom stereocenters. The number of nitrogens with zero attached hydrogens (tertiary/aromatic N) is 3. The van der Waals surface area contributed by atoms with E-state index < -0.39 is 6.10 Å². The van der Waals surface area contributed by atoms with Gasteiger partial charge in [-0.25, -0.2) is 0 Å². The zero-order chi connectivity index (χ0) is 18.5. The molecule has 1 aromatic carbocycles. The van der Waals surface area contributed by atoms with Crippen molar-refractivity contribution in [2.24, 2.45) is 0 Å². The number of hydrogen-bond donors (Lipinski definition) is 2. The predicted molar refractivity (Wildman–Crippen MR) is 99.7 cm³/mol. The van der Waals surface area contributed by atoms with Crippen LogP contribution in [0.25, 0.3) is 10.9 Å². The van der Waals surface area contributed by atoms with Crippen LogP contribution in [0.4, 0.5) is 0 Å². The second-order valence-electron chi connectivity index (χ2n) is 7.14. The molecule has 2 atom stereocenters. The van der Waals surface area contributed by atoms with Crippen LogP contribution >= 0.6 is 0 Å². The minimum absolute atomic E-state index is 0.197. The molecule has 0 saturated heterocycles. The number of fused-ring (bicyclic) bond motifs is 1. The third kappa shape index (κ3) is 4.05. The summed E-state index contributed by atoms with van der Waals surface area (Å²) in [4.78, 5) is 12.8. The molecule has 6 nitrogen and oxygen atoms in total. The third-order valence-corrected chi connectivity index (χ3v) is 5.08. The molecule has 0 spiro atoms. The van der Waals surface area contributed by atoms with Crippen molar-refractivity contribution >= 4 is 16.8 Å². The highest BCUT2D eigenvalue weighted by Gasteiger charge is 2.26. The fourth-order valence-electron chi connectivity index (χ4n) is 3.61. The first kappa shape index (κ1) is 18.4. The Labute approximate surface area is 153 Å². The van der Waals surface area contributed by atoms with Crippen molar-refractivity contribution in [3.05, 3.63) is 29.5 Å². The molecule has 1 aromatic heterocycles. The number of aryl methyl sites for hydroxylation is 2. The average molecular weight is 354 g/mol. The summed E-state index contributed by atoms with van der Waals surface area (Å²) in [6.07, 6.45) is 5.29. The van der Waals surface area contributed by atoms with Crippen LogP contribution in [0.5, 0.6) is 0 Å². The van der Waals surface area contributed by atoms with Gasteiger partial charge in [0.25, 0.3) is 5.91 Å². The van der Waals surface area contributed by atoms with E-state index in [9.17, 15) is 9.90 Å². The molecule has 0 bridgehead atoms. The van der Waals surface area contributed by atoms with Crippen molar-refractivity contribution < 1.29 is 9.90 Å². The van der Waals surface area contributed by atoms with Crippen LogP contribution in [-0.2, 0) is 6.54 Å². The molecule has 1 aliphatic rings. The number of carbonyl (C=O) groups is 1. The Bertz CT molecular complexity index is 821. The van der Waals surface area contributed by atoms with E-state index in [1.54, 1.807) is 0 Å².